The molecule has 3 nitrogen and oxygen atoms in total. The van der Waals surface area contributed by atoms with Gasteiger partial charge in [0, 0.05) is 25.0 Å². The third-order valence-electron chi connectivity index (χ3n) is 4.50. The third-order valence-corrected chi connectivity index (χ3v) is 4.50. The summed E-state index contributed by atoms with van der Waals surface area (Å²) >= 11 is 0. The van der Waals surface area contributed by atoms with Crippen LogP contribution in [0.4, 0.5) is 4.39 Å². The molecule has 0 radical (unpaired) electrons. The Morgan fingerprint density at radius 3 is 2.86 bits per heavy atom. The molecule has 4 heteroatoms. The summed E-state index contributed by atoms with van der Waals surface area (Å²) in [5.74, 6) is -0.360. The first-order chi connectivity index (χ1) is 10.1. The fourth-order valence-corrected chi connectivity index (χ4v) is 3.27. The number of likely N-dealkylation sites (tertiary alicyclic amines) is 1. The van der Waals surface area contributed by atoms with Crippen molar-refractivity contribution in [3.8, 4) is 5.75 Å². The summed E-state index contributed by atoms with van der Waals surface area (Å²) in [5, 5.41) is 0. The molecule has 2 atom stereocenters. The zero-order valence-corrected chi connectivity index (χ0v) is 13.1. The van der Waals surface area contributed by atoms with Crippen LogP contribution in [0.25, 0.3) is 0 Å². The number of Topliss-reactive ketones (excluding diaryl/α,β-unsaturated/α-hetero) is 1. The predicted octanol–water partition coefficient (Wildman–Crippen LogP) is 3.67. The number of carbonyl (C=O) groups is 1. The predicted molar refractivity (Wildman–Crippen MR) is 81.4 cm³/mol. The maximum atomic E-state index is 13.9. The maximum absolute atomic E-state index is 13.9. The highest BCUT2D eigenvalue weighted by Gasteiger charge is 2.29. The highest BCUT2D eigenvalue weighted by molar-refractivity contribution is 5.99. The molecule has 1 heterocycles. The molecule has 0 bridgehead atoms. The lowest BCUT2D eigenvalue weighted by molar-refractivity contribution is 0.0942. The number of nitrogens with zero attached hydrogens (tertiary/aromatic N) is 1. The van der Waals surface area contributed by atoms with E-state index in [1.54, 1.807) is 12.1 Å². The lowest BCUT2D eigenvalue weighted by atomic mass is 10.1. The van der Waals surface area contributed by atoms with Gasteiger partial charge in [0.1, 0.15) is 11.6 Å². The molecule has 1 aliphatic heterocycles. The van der Waals surface area contributed by atoms with Crippen LogP contribution in [0.2, 0.25) is 0 Å². The van der Waals surface area contributed by atoms with Gasteiger partial charge in [-0.1, -0.05) is 13.0 Å². The van der Waals surface area contributed by atoms with E-state index in [2.05, 4.69) is 18.7 Å². The molecule has 1 aromatic rings. The number of ketones is 1. The van der Waals surface area contributed by atoms with E-state index in [9.17, 15) is 9.18 Å². The first kappa shape index (κ1) is 16.0. The highest BCUT2D eigenvalue weighted by Crippen LogP contribution is 2.27. The van der Waals surface area contributed by atoms with Crippen LogP contribution in [0.15, 0.2) is 18.2 Å². The Morgan fingerprint density at radius 1 is 1.43 bits per heavy atom. The van der Waals surface area contributed by atoms with E-state index in [0.717, 1.165) is 6.42 Å². The Kier molecular flexibility index (Phi) is 5.34. The van der Waals surface area contributed by atoms with E-state index in [-0.39, 0.29) is 11.3 Å². The number of hydrogen-bond donors (Lipinski definition) is 0. The van der Waals surface area contributed by atoms with Gasteiger partial charge < -0.3 is 4.74 Å². The van der Waals surface area contributed by atoms with E-state index in [1.165, 1.54) is 26.0 Å². The van der Waals surface area contributed by atoms with E-state index in [0.29, 0.717) is 30.8 Å². The van der Waals surface area contributed by atoms with Crippen molar-refractivity contribution in [2.75, 3.05) is 13.7 Å². The fourth-order valence-electron chi connectivity index (χ4n) is 3.27. The molecule has 1 saturated heterocycles. The second kappa shape index (κ2) is 7.03. The second-order valence-corrected chi connectivity index (χ2v) is 5.72. The summed E-state index contributed by atoms with van der Waals surface area (Å²) in [5.41, 5.74) is 0.0832. The zero-order valence-electron chi connectivity index (χ0n) is 13.1. The van der Waals surface area contributed by atoms with Gasteiger partial charge in [0.2, 0.25) is 0 Å². The summed E-state index contributed by atoms with van der Waals surface area (Å²) in [6.07, 6.45) is 3.80. The quantitative estimate of drug-likeness (QED) is 0.750. The van der Waals surface area contributed by atoms with Gasteiger partial charge in [-0.2, -0.15) is 0 Å². The average Bonchev–Trinajstić information content (AvgIpc) is 2.84. The van der Waals surface area contributed by atoms with E-state index in [4.69, 9.17) is 4.74 Å². The minimum absolute atomic E-state index is 0.0832. The summed E-state index contributed by atoms with van der Waals surface area (Å²) in [6, 6.07) is 5.55. The molecular formula is C17H24FNO2. The Balaban J connectivity index is 2.05. The van der Waals surface area contributed by atoms with Crippen molar-refractivity contribution < 1.29 is 13.9 Å². The summed E-state index contributed by atoms with van der Waals surface area (Å²) < 4.78 is 19.0. The molecule has 0 aliphatic carbocycles. The molecule has 0 saturated carbocycles. The number of hydrogen-bond acceptors (Lipinski definition) is 3. The first-order valence-corrected chi connectivity index (χ1v) is 7.69. The summed E-state index contributed by atoms with van der Waals surface area (Å²) in [4.78, 5) is 14.7. The van der Waals surface area contributed by atoms with Gasteiger partial charge in [0.25, 0.3) is 0 Å². The number of methoxy groups -OCH3 is 1. The number of rotatable bonds is 6. The molecule has 1 fully saturated rings. The highest BCUT2D eigenvalue weighted by atomic mass is 19.1. The number of benzene rings is 1. The lowest BCUT2D eigenvalue weighted by Crippen LogP contribution is -2.36. The van der Waals surface area contributed by atoms with Crippen LogP contribution in [-0.4, -0.2) is 36.4 Å². The van der Waals surface area contributed by atoms with Crippen molar-refractivity contribution in [3.05, 3.63) is 29.6 Å². The van der Waals surface area contributed by atoms with Crippen LogP contribution in [-0.2, 0) is 0 Å². The number of halogens is 1. The van der Waals surface area contributed by atoms with Gasteiger partial charge in [0.05, 0.1) is 12.7 Å². The maximum Gasteiger partial charge on any atom is 0.170 e. The Morgan fingerprint density at radius 2 is 2.19 bits per heavy atom. The Bertz CT molecular complexity index is 504. The minimum atomic E-state index is -0.499. The van der Waals surface area contributed by atoms with E-state index in [1.807, 2.05) is 0 Å². The van der Waals surface area contributed by atoms with Crippen molar-refractivity contribution in [3.63, 3.8) is 0 Å². The molecule has 0 amide bonds. The summed E-state index contributed by atoms with van der Waals surface area (Å²) in [6.45, 7) is 5.07. The molecule has 0 N–H and O–H groups in total. The van der Waals surface area contributed by atoms with E-state index < -0.39 is 5.82 Å². The van der Waals surface area contributed by atoms with Crippen LogP contribution in [0.3, 0.4) is 0 Å². The average molecular weight is 293 g/mol. The smallest absolute Gasteiger partial charge is 0.170 e. The molecule has 2 unspecified atom stereocenters. The topological polar surface area (TPSA) is 29.5 Å². The third kappa shape index (κ3) is 3.43. The van der Waals surface area contributed by atoms with Gasteiger partial charge >= 0.3 is 0 Å². The van der Waals surface area contributed by atoms with Crippen LogP contribution in [0, 0.1) is 5.82 Å². The molecule has 21 heavy (non-hydrogen) atoms. The van der Waals surface area contributed by atoms with Crippen molar-refractivity contribution in [2.24, 2.45) is 0 Å². The van der Waals surface area contributed by atoms with Gasteiger partial charge in [-0.3, -0.25) is 9.69 Å². The molecule has 2 rings (SSSR count). The number of carbonyl (C=O) groups excluding carboxylic acids is 1. The first-order valence-electron chi connectivity index (χ1n) is 7.69. The Labute approximate surface area is 126 Å². The van der Waals surface area contributed by atoms with Crippen LogP contribution in [0.5, 0.6) is 5.75 Å². The van der Waals surface area contributed by atoms with E-state index >= 15 is 0 Å². The second-order valence-electron chi connectivity index (χ2n) is 5.72. The Hall–Kier alpha value is -1.42. The molecule has 1 aromatic carbocycles. The number of ether oxygens (including phenoxy) is 1. The van der Waals surface area contributed by atoms with Gasteiger partial charge in [-0.05, 0) is 38.3 Å². The monoisotopic (exact) mass is 293 g/mol. The van der Waals surface area contributed by atoms with Crippen LogP contribution >= 0.6 is 0 Å². The summed E-state index contributed by atoms with van der Waals surface area (Å²) in [7, 11) is 1.46. The molecule has 1 aliphatic rings. The van der Waals surface area contributed by atoms with Crippen molar-refractivity contribution in [1.82, 2.24) is 4.90 Å². The van der Waals surface area contributed by atoms with Crippen molar-refractivity contribution in [1.29, 1.82) is 0 Å². The minimum Gasteiger partial charge on any atom is -0.496 e. The fraction of sp³-hybridized carbons (Fsp3) is 0.588. The lowest BCUT2D eigenvalue weighted by Gasteiger charge is -2.27. The van der Waals surface area contributed by atoms with Gasteiger partial charge in [0.15, 0.2) is 5.78 Å². The molecule has 0 spiro atoms. The standard InChI is InChI=1S/C17H24FNO2/c1-4-13-9-8-12(2)19(13)11-10-15(20)17-14(18)6-5-7-16(17)21-3/h5-7,12-13H,4,8-11H2,1-3H3. The molecule has 116 valence electrons. The normalized spacial score (nSPS) is 22.5. The van der Waals surface area contributed by atoms with Crippen LogP contribution < -0.4 is 4.74 Å². The van der Waals surface area contributed by atoms with Gasteiger partial charge in [-0.25, -0.2) is 4.39 Å². The van der Waals surface area contributed by atoms with Crippen molar-refractivity contribution in [2.45, 2.75) is 51.6 Å². The zero-order chi connectivity index (χ0) is 15.4. The molecule has 0 aromatic heterocycles. The van der Waals surface area contributed by atoms with Gasteiger partial charge in [-0.15, -0.1) is 0 Å². The SMILES string of the molecule is CCC1CCC(C)N1CCC(=O)c1c(F)cccc1OC. The van der Waals surface area contributed by atoms with Crippen molar-refractivity contribution >= 4 is 5.78 Å². The largest absolute Gasteiger partial charge is 0.496 e. The molecular weight excluding hydrogens is 269 g/mol. The van der Waals surface area contributed by atoms with Crippen LogP contribution in [0.1, 0.15) is 49.9 Å².